The van der Waals surface area contributed by atoms with E-state index in [2.05, 4.69) is 15.4 Å². The zero-order chi connectivity index (χ0) is 15.6. The van der Waals surface area contributed by atoms with Gasteiger partial charge >= 0.3 is 0 Å². The fourth-order valence-electron chi connectivity index (χ4n) is 3.23. The molecule has 0 bridgehead atoms. The summed E-state index contributed by atoms with van der Waals surface area (Å²) in [6.45, 7) is 1.78. The number of benzene rings is 1. The molecule has 1 atom stereocenters. The van der Waals surface area contributed by atoms with E-state index < -0.39 is 0 Å². The van der Waals surface area contributed by atoms with Crippen molar-refractivity contribution in [2.24, 2.45) is 0 Å². The lowest BCUT2D eigenvalue weighted by atomic mass is 10.2. The molecule has 0 unspecified atom stereocenters. The van der Waals surface area contributed by atoms with Crippen molar-refractivity contribution >= 4 is 16.9 Å². The minimum absolute atomic E-state index is 0.0929. The van der Waals surface area contributed by atoms with E-state index in [1.807, 2.05) is 46.1 Å². The molecule has 7 heteroatoms. The Morgan fingerprint density at radius 3 is 3.04 bits per heavy atom. The van der Waals surface area contributed by atoms with Crippen LogP contribution >= 0.6 is 0 Å². The molecule has 1 aliphatic heterocycles. The molecule has 0 radical (unpaired) electrons. The minimum Gasteiger partial charge on any atom is -0.336 e. The second-order valence-corrected chi connectivity index (χ2v) is 5.85. The maximum atomic E-state index is 12.7. The van der Waals surface area contributed by atoms with Crippen LogP contribution in [-0.4, -0.2) is 48.2 Å². The van der Waals surface area contributed by atoms with Crippen molar-refractivity contribution in [2.75, 3.05) is 6.54 Å². The van der Waals surface area contributed by atoms with Gasteiger partial charge in [-0.25, -0.2) is 4.68 Å². The van der Waals surface area contributed by atoms with Gasteiger partial charge in [0.25, 0.3) is 0 Å². The Kier molecular flexibility index (Phi) is 3.53. The van der Waals surface area contributed by atoms with Crippen LogP contribution in [0.4, 0.5) is 0 Å². The fourth-order valence-corrected chi connectivity index (χ4v) is 3.23. The SMILES string of the molecule is O=C(Cn1nnc2ccccc21)N1CCC[C@H]1Cn1cccn1. The molecule has 118 valence electrons. The van der Waals surface area contributed by atoms with Gasteiger partial charge in [-0.3, -0.25) is 9.48 Å². The van der Waals surface area contributed by atoms with E-state index in [-0.39, 0.29) is 18.5 Å². The molecule has 0 aliphatic carbocycles. The first-order valence-electron chi connectivity index (χ1n) is 7.86. The molecule has 1 aliphatic rings. The number of likely N-dealkylation sites (tertiary alicyclic amines) is 1. The van der Waals surface area contributed by atoms with Gasteiger partial charge < -0.3 is 4.90 Å². The number of hydrogen-bond donors (Lipinski definition) is 0. The number of fused-ring (bicyclic) bond motifs is 1. The lowest BCUT2D eigenvalue weighted by Crippen LogP contribution is -2.40. The van der Waals surface area contributed by atoms with Crippen LogP contribution in [0.15, 0.2) is 42.7 Å². The van der Waals surface area contributed by atoms with E-state index in [0.717, 1.165) is 37.0 Å². The Morgan fingerprint density at radius 1 is 1.26 bits per heavy atom. The number of rotatable bonds is 4. The Morgan fingerprint density at radius 2 is 2.17 bits per heavy atom. The predicted octanol–water partition coefficient (Wildman–Crippen LogP) is 1.32. The zero-order valence-corrected chi connectivity index (χ0v) is 12.7. The summed E-state index contributed by atoms with van der Waals surface area (Å²) in [6, 6.07) is 9.81. The lowest BCUT2D eigenvalue weighted by Gasteiger charge is -2.24. The van der Waals surface area contributed by atoms with Gasteiger partial charge in [0.1, 0.15) is 12.1 Å². The topological polar surface area (TPSA) is 68.8 Å². The van der Waals surface area contributed by atoms with Gasteiger partial charge in [-0.15, -0.1) is 5.10 Å². The molecule has 0 spiro atoms. The van der Waals surface area contributed by atoms with Crippen LogP contribution in [0.25, 0.3) is 11.0 Å². The van der Waals surface area contributed by atoms with Gasteiger partial charge in [0, 0.05) is 18.9 Å². The van der Waals surface area contributed by atoms with Gasteiger partial charge in [0.15, 0.2) is 0 Å². The Bertz CT molecular complexity index is 809. The third-order valence-corrected chi connectivity index (χ3v) is 4.36. The molecule has 3 heterocycles. The molecule has 7 nitrogen and oxygen atoms in total. The number of hydrogen-bond acceptors (Lipinski definition) is 4. The Balaban J connectivity index is 1.49. The maximum absolute atomic E-state index is 12.7. The highest BCUT2D eigenvalue weighted by molar-refractivity contribution is 5.80. The maximum Gasteiger partial charge on any atom is 0.244 e. The normalized spacial score (nSPS) is 17.9. The van der Waals surface area contributed by atoms with E-state index in [9.17, 15) is 4.79 Å². The zero-order valence-electron chi connectivity index (χ0n) is 12.7. The molecule has 23 heavy (non-hydrogen) atoms. The third-order valence-electron chi connectivity index (χ3n) is 4.36. The molecule has 1 amide bonds. The van der Waals surface area contributed by atoms with Gasteiger partial charge in [-0.2, -0.15) is 5.10 Å². The van der Waals surface area contributed by atoms with Gasteiger partial charge in [-0.1, -0.05) is 17.3 Å². The summed E-state index contributed by atoms with van der Waals surface area (Å²) in [6.07, 6.45) is 5.76. The summed E-state index contributed by atoms with van der Waals surface area (Å²) in [7, 11) is 0. The van der Waals surface area contributed by atoms with E-state index in [4.69, 9.17) is 0 Å². The Hall–Kier alpha value is -2.70. The average molecular weight is 310 g/mol. The molecule has 2 aromatic heterocycles. The van der Waals surface area contributed by atoms with Crippen LogP contribution in [0.2, 0.25) is 0 Å². The molecule has 3 aromatic rings. The second kappa shape index (κ2) is 5.83. The quantitative estimate of drug-likeness (QED) is 0.729. The summed E-state index contributed by atoms with van der Waals surface area (Å²) < 4.78 is 3.57. The first-order chi connectivity index (χ1) is 11.3. The molecule has 0 N–H and O–H groups in total. The van der Waals surface area contributed by atoms with Crippen LogP contribution in [0.5, 0.6) is 0 Å². The molecule has 4 rings (SSSR count). The number of carbonyl (C=O) groups excluding carboxylic acids is 1. The monoisotopic (exact) mass is 310 g/mol. The van der Waals surface area contributed by atoms with E-state index in [0.29, 0.717) is 0 Å². The van der Waals surface area contributed by atoms with E-state index in [1.165, 1.54) is 0 Å². The standard InChI is InChI=1S/C16H18N6O/c23-16(12-22-15-7-2-1-6-14(15)18-19-22)21-10-3-5-13(21)11-20-9-4-8-17-20/h1-2,4,6-9,13H,3,5,10-12H2/t13-/m0/s1. The summed E-state index contributed by atoms with van der Waals surface area (Å²) >= 11 is 0. The number of para-hydroxylation sites is 1. The lowest BCUT2D eigenvalue weighted by molar-refractivity contribution is -0.133. The van der Waals surface area contributed by atoms with Crippen LogP contribution in [-0.2, 0) is 17.9 Å². The highest BCUT2D eigenvalue weighted by Crippen LogP contribution is 2.20. The second-order valence-electron chi connectivity index (χ2n) is 5.85. The van der Waals surface area contributed by atoms with Crippen LogP contribution in [0, 0.1) is 0 Å². The molecule has 1 aromatic carbocycles. The van der Waals surface area contributed by atoms with Crippen LogP contribution < -0.4 is 0 Å². The fraction of sp³-hybridized carbons (Fsp3) is 0.375. The van der Waals surface area contributed by atoms with Gasteiger partial charge in [0.05, 0.1) is 18.1 Å². The molecule has 1 fully saturated rings. The highest BCUT2D eigenvalue weighted by Gasteiger charge is 2.29. The summed E-state index contributed by atoms with van der Waals surface area (Å²) in [5, 5.41) is 12.5. The molecular weight excluding hydrogens is 292 g/mol. The Labute approximate surface area is 133 Å². The van der Waals surface area contributed by atoms with Crippen molar-refractivity contribution in [1.29, 1.82) is 0 Å². The van der Waals surface area contributed by atoms with Crippen molar-refractivity contribution in [3.05, 3.63) is 42.7 Å². The largest absolute Gasteiger partial charge is 0.336 e. The summed E-state index contributed by atoms with van der Waals surface area (Å²) in [5.41, 5.74) is 1.71. The minimum atomic E-state index is 0.0929. The van der Waals surface area contributed by atoms with Crippen LogP contribution in [0.3, 0.4) is 0 Å². The van der Waals surface area contributed by atoms with Crippen LogP contribution in [0.1, 0.15) is 12.8 Å². The first-order valence-corrected chi connectivity index (χ1v) is 7.86. The highest BCUT2D eigenvalue weighted by atomic mass is 16.2. The van der Waals surface area contributed by atoms with Crippen molar-refractivity contribution in [3.63, 3.8) is 0 Å². The molecular formula is C16H18N6O. The molecule has 1 saturated heterocycles. The number of amides is 1. The molecule has 0 saturated carbocycles. The van der Waals surface area contributed by atoms with E-state index in [1.54, 1.807) is 10.9 Å². The third kappa shape index (κ3) is 2.69. The average Bonchev–Trinajstić information content (AvgIpc) is 3.29. The van der Waals surface area contributed by atoms with Crippen molar-refractivity contribution in [3.8, 4) is 0 Å². The predicted molar refractivity (Wildman–Crippen MR) is 84.5 cm³/mol. The first kappa shape index (κ1) is 13.9. The van der Waals surface area contributed by atoms with Crippen molar-refractivity contribution < 1.29 is 4.79 Å². The smallest absolute Gasteiger partial charge is 0.244 e. The number of carbonyl (C=O) groups is 1. The van der Waals surface area contributed by atoms with Gasteiger partial charge in [0.2, 0.25) is 5.91 Å². The van der Waals surface area contributed by atoms with Crippen molar-refractivity contribution in [1.82, 2.24) is 29.7 Å². The number of aromatic nitrogens is 5. The van der Waals surface area contributed by atoms with Gasteiger partial charge in [-0.05, 0) is 31.0 Å². The number of nitrogens with zero attached hydrogens (tertiary/aromatic N) is 6. The summed E-state index contributed by atoms with van der Waals surface area (Å²) in [5.74, 6) is 0.0929. The van der Waals surface area contributed by atoms with E-state index >= 15 is 0 Å². The summed E-state index contributed by atoms with van der Waals surface area (Å²) in [4.78, 5) is 14.7. The van der Waals surface area contributed by atoms with Crippen molar-refractivity contribution in [2.45, 2.75) is 32.0 Å².